The number of guanidine groups is 1. The van der Waals surface area contributed by atoms with Crippen molar-refractivity contribution >= 4 is 29.9 Å². The Morgan fingerprint density at radius 3 is 2.80 bits per heavy atom. The molecule has 1 aliphatic carbocycles. The third-order valence-electron chi connectivity index (χ3n) is 3.22. The Balaban J connectivity index is 0.00000200. The molecule has 3 atom stereocenters. The average Bonchev–Trinajstić information content (AvgIpc) is 3.02. The van der Waals surface area contributed by atoms with Crippen LogP contribution in [0.5, 0.6) is 0 Å². The summed E-state index contributed by atoms with van der Waals surface area (Å²) in [6.45, 7) is 2.46. The van der Waals surface area contributed by atoms with E-state index in [1.807, 2.05) is 25.1 Å². The molecule has 0 aromatic heterocycles. The lowest BCUT2D eigenvalue weighted by Crippen LogP contribution is -2.41. The largest absolute Gasteiger partial charge is 0.383 e. The summed E-state index contributed by atoms with van der Waals surface area (Å²) in [6, 6.07) is 8.76. The van der Waals surface area contributed by atoms with E-state index in [-0.39, 0.29) is 36.0 Å². The average molecular weight is 393 g/mol. The zero-order chi connectivity index (χ0) is 13.9. The number of nitrogens with two attached hydrogens (primary N) is 1. The molecule has 1 saturated carbocycles. The Morgan fingerprint density at radius 2 is 2.20 bits per heavy atom. The fourth-order valence-corrected chi connectivity index (χ4v) is 2.15. The minimum Gasteiger partial charge on any atom is -0.383 e. The predicted octanol–water partition coefficient (Wildman–Crippen LogP) is 2.18. The molecule has 0 radical (unpaired) electrons. The van der Waals surface area contributed by atoms with E-state index < -0.39 is 11.7 Å². The van der Waals surface area contributed by atoms with Gasteiger partial charge in [0.2, 0.25) is 0 Å². The van der Waals surface area contributed by atoms with Gasteiger partial charge in [-0.2, -0.15) is 0 Å². The van der Waals surface area contributed by atoms with Crippen molar-refractivity contribution in [2.45, 2.75) is 31.1 Å². The molecule has 0 aliphatic heterocycles. The molecule has 0 amide bonds. The lowest BCUT2D eigenvalue weighted by atomic mass is 10.1. The lowest BCUT2D eigenvalue weighted by Gasteiger charge is -2.13. The van der Waals surface area contributed by atoms with Crippen LogP contribution in [-0.4, -0.2) is 31.8 Å². The molecule has 112 valence electrons. The number of methoxy groups -OCH3 is 1. The number of hydrogen-bond donors (Lipinski definition) is 2. The Morgan fingerprint density at radius 1 is 1.55 bits per heavy atom. The first kappa shape index (κ1) is 17.2. The summed E-state index contributed by atoms with van der Waals surface area (Å²) in [5.41, 5.74) is 5.07. The van der Waals surface area contributed by atoms with Gasteiger partial charge in [0.05, 0.1) is 12.6 Å². The van der Waals surface area contributed by atoms with Crippen LogP contribution in [0.25, 0.3) is 0 Å². The van der Waals surface area contributed by atoms with Gasteiger partial charge in [-0.3, -0.25) is 0 Å². The second kappa shape index (κ2) is 7.21. The molecule has 0 saturated heterocycles. The van der Waals surface area contributed by atoms with E-state index in [1.165, 1.54) is 0 Å². The molecule has 1 aromatic rings. The summed E-state index contributed by atoms with van der Waals surface area (Å²) in [5, 5.41) is 2.98. The Hall–Kier alpha value is -0.890. The molecule has 0 spiro atoms. The van der Waals surface area contributed by atoms with Crippen molar-refractivity contribution in [3.8, 4) is 0 Å². The molecule has 3 unspecified atom stereocenters. The number of ether oxygens (including phenoxy) is 1. The fourth-order valence-electron chi connectivity index (χ4n) is 2.15. The van der Waals surface area contributed by atoms with Crippen LogP contribution in [0.3, 0.4) is 0 Å². The highest BCUT2D eigenvalue weighted by Gasteiger charge is 2.57. The first-order valence-electron chi connectivity index (χ1n) is 6.39. The van der Waals surface area contributed by atoms with Gasteiger partial charge in [0.1, 0.15) is 0 Å². The third-order valence-corrected chi connectivity index (χ3v) is 3.22. The Labute approximate surface area is 136 Å². The van der Waals surface area contributed by atoms with E-state index in [0.29, 0.717) is 18.6 Å². The van der Waals surface area contributed by atoms with Gasteiger partial charge in [-0.05, 0) is 12.5 Å². The van der Waals surface area contributed by atoms with Crippen molar-refractivity contribution in [3.05, 3.63) is 35.9 Å². The van der Waals surface area contributed by atoms with Gasteiger partial charge in [-0.15, -0.1) is 24.0 Å². The zero-order valence-electron chi connectivity index (χ0n) is 11.7. The SMILES string of the molecule is COCC(C)NC(N)=NC1CC1(F)c1ccccc1.I. The normalized spacial score (nSPS) is 26.6. The first-order chi connectivity index (χ1) is 9.06. The summed E-state index contributed by atoms with van der Waals surface area (Å²) < 4.78 is 19.5. The molecule has 20 heavy (non-hydrogen) atoms. The molecule has 1 aromatic carbocycles. The maximum atomic E-state index is 14.5. The quantitative estimate of drug-likeness (QED) is 0.458. The van der Waals surface area contributed by atoms with E-state index in [0.717, 1.165) is 0 Å². The predicted molar refractivity (Wildman–Crippen MR) is 89.1 cm³/mol. The third kappa shape index (κ3) is 4.05. The fraction of sp³-hybridized carbons (Fsp3) is 0.500. The van der Waals surface area contributed by atoms with Crippen LogP contribution in [0.2, 0.25) is 0 Å². The number of nitrogens with zero attached hydrogens (tertiary/aromatic N) is 1. The molecule has 6 heteroatoms. The molecule has 4 nitrogen and oxygen atoms in total. The maximum Gasteiger partial charge on any atom is 0.189 e. The highest BCUT2D eigenvalue weighted by molar-refractivity contribution is 14.0. The number of halogens is 2. The smallest absolute Gasteiger partial charge is 0.189 e. The van der Waals surface area contributed by atoms with Crippen LogP contribution in [-0.2, 0) is 10.4 Å². The Bertz CT molecular complexity index is 457. The highest BCUT2D eigenvalue weighted by atomic mass is 127. The van der Waals surface area contributed by atoms with Gasteiger partial charge in [-0.25, -0.2) is 9.38 Å². The molecule has 2 rings (SSSR count). The maximum absolute atomic E-state index is 14.5. The molecule has 0 bridgehead atoms. The van der Waals surface area contributed by atoms with Gasteiger partial charge >= 0.3 is 0 Å². The van der Waals surface area contributed by atoms with Crippen LogP contribution < -0.4 is 11.1 Å². The second-order valence-electron chi connectivity index (χ2n) is 4.96. The summed E-state index contributed by atoms with van der Waals surface area (Å²) in [6.07, 6.45) is 0.387. The number of aliphatic imine (C=N–C) groups is 1. The molecular weight excluding hydrogens is 372 g/mol. The van der Waals surface area contributed by atoms with E-state index in [2.05, 4.69) is 10.3 Å². The lowest BCUT2D eigenvalue weighted by molar-refractivity contribution is 0.179. The number of benzene rings is 1. The highest BCUT2D eigenvalue weighted by Crippen LogP contribution is 2.51. The Kier molecular flexibility index (Phi) is 6.19. The van der Waals surface area contributed by atoms with Gasteiger partial charge in [0, 0.05) is 19.6 Å². The minimum absolute atomic E-state index is 0. The van der Waals surface area contributed by atoms with E-state index >= 15 is 0 Å². The van der Waals surface area contributed by atoms with Gasteiger partial charge in [0.25, 0.3) is 0 Å². The van der Waals surface area contributed by atoms with Crippen molar-refractivity contribution in [2.75, 3.05) is 13.7 Å². The van der Waals surface area contributed by atoms with Crippen molar-refractivity contribution in [1.29, 1.82) is 0 Å². The second-order valence-corrected chi connectivity index (χ2v) is 4.96. The van der Waals surface area contributed by atoms with Crippen molar-refractivity contribution in [1.82, 2.24) is 5.32 Å². The van der Waals surface area contributed by atoms with Crippen molar-refractivity contribution < 1.29 is 9.13 Å². The molecule has 0 heterocycles. The van der Waals surface area contributed by atoms with Crippen LogP contribution in [0, 0.1) is 0 Å². The first-order valence-corrected chi connectivity index (χ1v) is 6.39. The summed E-state index contributed by atoms with van der Waals surface area (Å²) in [7, 11) is 1.62. The summed E-state index contributed by atoms with van der Waals surface area (Å²) in [4.78, 5) is 4.19. The number of alkyl halides is 1. The van der Waals surface area contributed by atoms with Crippen molar-refractivity contribution in [3.63, 3.8) is 0 Å². The minimum atomic E-state index is -1.36. The van der Waals surface area contributed by atoms with Crippen LogP contribution in [0.15, 0.2) is 35.3 Å². The van der Waals surface area contributed by atoms with E-state index in [4.69, 9.17) is 10.5 Å². The molecule has 1 aliphatic rings. The van der Waals surface area contributed by atoms with Crippen LogP contribution >= 0.6 is 24.0 Å². The number of nitrogens with one attached hydrogen (secondary N) is 1. The van der Waals surface area contributed by atoms with Gasteiger partial charge in [0.15, 0.2) is 11.6 Å². The van der Waals surface area contributed by atoms with Gasteiger partial charge < -0.3 is 15.8 Å². The van der Waals surface area contributed by atoms with Crippen LogP contribution in [0.4, 0.5) is 4.39 Å². The molecule has 3 N–H and O–H groups in total. The summed E-state index contributed by atoms with van der Waals surface area (Å²) in [5.74, 6) is 0.269. The molecule has 1 fully saturated rings. The summed E-state index contributed by atoms with van der Waals surface area (Å²) >= 11 is 0. The van der Waals surface area contributed by atoms with E-state index in [1.54, 1.807) is 19.2 Å². The van der Waals surface area contributed by atoms with Gasteiger partial charge in [-0.1, -0.05) is 30.3 Å². The standard InChI is InChI=1S/C14H20FN3O.HI/c1-10(9-19-2)17-13(16)18-12-8-14(12,15)11-6-4-3-5-7-11;/h3-7,10,12H,8-9H2,1-2H3,(H3,16,17,18);1H. The zero-order valence-corrected chi connectivity index (χ0v) is 14.0. The van der Waals surface area contributed by atoms with E-state index in [9.17, 15) is 4.39 Å². The monoisotopic (exact) mass is 393 g/mol. The number of rotatable bonds is 5. The molecular formula is C14H21FIN3O. The number of hydrogen-bond acceptors (Lipinski definition) is 2. The van der Waals surface area contributed by atoms with Crippen molar-refractivity contribution in [2.24, 2.45) is 10.7 Å². The van der Waals surface area contributed by atoms with Crippen LogP contribution in [0.1, 0.15) is 18.9 Å². The topological polar surface area (TPSA) is 59.6 Å².